The van der Waals surface area contributed by atoms with Crippen molar-refractivity contribution >= 4 is 27.7 Å². The van der Waals surface area contributed by atoms with Crippen LogP contribution in [0.5, 0.6) is 0 Å². The molecule has 4 nitrogen and oxygen atoms in total. The minimum atomic E-state index is -0.247. The molecular formula is C13H13BrN2O2. The second kappa shape index (κ2) is 4.17. The van der Waals surface area contributed by atoms with Crippen LogP contribution in [0.15, 0.2) is 28.7 Å². The number of amides is 2. The standard InChI is InChI=1S/C13H13BrN2O2/c1-16-12(17)9-6-15-11(10(9)13(16)18)7-2-4-8(14)5-3-7/h2-5,9-11,15H,6H2,1H3/t9-,10-,11?/m0/s1. The highest BCUT2D eigenvalue weighted by Crippen LogP contribution is 2.40. The number of carbonyl (C=O) groups is 2. The fraction of sp³-hybridized carbons (Fsp3) is 0.385. The molecule has 2 aliphatic rings. The van der Waals surface area contributed by atoms with Gasteiger partial charge < -0.3 is 5.32 Å². The maximum atomic E-state index is 12.1. The number of halogens is 1. The van der Waals surface area contributed by atoms with Crippen molar-refractivity contribution in [3.63, 3.8) is 0 Å². The van der Waals surface area contributed by atoms with Gasteiger partial charge in [0.05, 0.1) is 11.8 Å². The second-order valence-corrected chi connectivity index (χ2v) is 5.72. The van der Waals surface area contributed by atoms with Gasteiger partial charge in [0.2, 0.25) is 11.8 Å². The number of nitrogens with zero attached hydrogens (tertiary/aromatic N) is 1. The lowest BCUT2D eigenvalue weighted by molar-refractivity contribution is -0.138. The average Bonchev–Trinajstić information content (AvgIpc) is 2.88. The molecule has 18 heavy (non-hydrogen) atoms. The van der Waals surface area contributed by atoms with E-state index in [1.165, 1.54) is 4.90 Å². The molecule has 1 aromatic carbocycles. The average molecular weight is 309 g/mol. The van der Waals surface area contributed by atoms with Gasteiger partial charge in [-0.15, -0.1) is 0 Å². The van der Waals surface area contributed by atoms with Gasteiger partial charge in [-0.2, -0.15) is 0 Å². The van der Waals surface area contributed by atoms with E-state index >= 15 is 0 Å². The lowest BCUT2D eigenvalue weighted by atomic mass is 9.89. The molecule has 0 spiro atoms. The Balaban J connectivity index is 1.94. The van der Waals surface area contributed by atoms with Gasteiger partial charge in [0.15, 0.2) is 0 Å². The third-order valence-electron chi connectivity index (χ3n) is 3.84. The number of imide groups is 1. The topological polar surface area (TPSA) is 49.4 Å². The molecule has 0 aromatic heterocycles. The zero-order chi connectivity index (χ0) is 12.9. The zero-order valence-corrected chi connectivity index (χ0v) is 11.5. The van der Waals surface area contributed by atoms with E-state index in [0.717, 1.165) is 10.0 Å². The van der Waals surface area contributed by atoms with Crippen LogP contribution >= 0.6 is 15.9 Å². The summed E-state index contributed by atoms with van der Waals surface area (Å²) in [5.41, 5.74) is 1.06. The Morgan fingerprint density at radius 3 is 2.56 bits per heavy atom. The molecule has 5 heteroatoms. The number of hydrogen-bond acceptors (Lipinski definition) is 3. The van der Waals surface area contributed by atoms with Gasteiger partial charge in [-0.05, 0) is 17.7 Å². The highest BCUT2D eigenvalue weighted by molar-refractivity contribution is 9.10. The summed E-state index contributed by atoms with van der Waals surface area (Å²) in [6.45, 7) is 0.584. The summed E-state index contributed by atoms with van der Waals surface area (Å²) in [4.78, 5) is 25.3. The number of carbonyl (C=O) groups excluding carboxylic acids is 2. The van der Waals surface area contributed by atoms with E-state index in [9.17, 15) is 9.59 Å². The largest absolute Gasteiger partial charge is 0.308 e. The first-order chi connectivity index (χ1) is 8.59. The van der Waals surface area contributed by atoms with Crippen molar-refractivity contribution in [1.29, 1.82) is 0 Å². The van der Waals surface area contributed by atoms with Crippen molar-refractivity contribution in [2.45, 2.75) is 6.04 Å². The van der Waals surface area contributed by atoms with Gasteiger partial charge >= 0.3 is 0 Å². The predicted molar refractivity (Wildman–Crippen MR) is 69.6 cm³/mol. The minimum absolute atomic E-state index is 0.0514. The van der Waals surface area contributed by atoms with Crippen LogP contribution in [0.4, 0.5) is 0 Å². The molecular weight excluding hydrogens is 296 g/mol. The van der Waals surface area contributed by atoms with Crippen molar-refractivity contribution in [1.82, 2.24) is 10.2 Å². The first-order valence-corrected chi connectivity index (χ1v) is 6.69. The molecule has 1 unspecified atom stereocenters. The van der Waals surface area contributed by atoms with Gasteiger partial charge in [0.1, 0.15) is 0 Å². The number of likely N-dealkylation sites (tertiary alicyclic amines) is 1. The van der Waals surface area contributed by atoms with E-state index in [1.807, 2.05) is 24.3 Å². The lowest BCUT2D eigenvalue weighted by Gasteiger charge is -2.18. The molecule has 2 fully saturated rings. The maximum Gasteiger partial charge on any atom is 0.234 e. The van der Waals surface area contributed by atoms with Crippen LogP contribution in [0.25, 0.3) is 0 Å². The molecule has 0 radical (unpaired) electrons. The van der Waals surface area contributed by atoms with Crippen LogP contribution < -0.4 is 5.32 Å². The van der Waals surface area contributed by atoms with Crippen LogP contribution in [-0.2, 0) is 9.59 Å². The summed E-state index contributed by atoms with van der Waals surface area (Å²) < 4.78 is 1.01. The third-order valence-corrected chi connectivity index (χ3v) is 4.37. The SMILES string of the molecule is CN1C(=O)[C@H]2CNC(c3ccc(Br)cc3)[C@H]2C1=O. The fourth-order valence-electron chi connectivity index (χ4n) is 2.87. The zero-order valence-electron chi connectivity index (χ0n) is 9.89. The van der Waals surface area contributed by atoms with Crippen LogP contribution in [0, 0.1) is 11.8 Å². The maximum absolute atomic E-state index is 12.1. The molecule has 94 valence electrons. The Labute approximate surface area is 113 Å². The summed E-state index contributed by atoms with van der Waals surface area (Å²) in [5.74, 6) is -0.570. The number of fused-ring (bicyclic) bond motifs is 1. The van der Waals surface area contributed by atoms with E-state index < -0.39 is 0 Å². The Kier molecular flexibility index (Phi) is 2.75. The minimum Gasteiger partial charge on any atom is -0.308 e. The monoisotopic (exact) mass is 308 g/mol. The van der Waals surface area contributed by atoms with E-state index in [0.29, 0.717) is 6.54 Å². The van der Waals surface area contributed by atoms with Gasteiger partial charge in [0, 0.05) is 24.1 Å². The van der Waals surface area contributed by atoms with Crippen LogP contribution in [0.1, 0.15) is 11.6 Å². The van der Waals surface area contributed by atoms with Crippen molar-refractivity contribution in [3.8, 4) is 0 Å². The Morgan fingerprint density at radius 2 is 1.89 bits per heavy atom. The van der Waals surface area contributed by atoms with Crippen molar-refractivity contribution in [2.24, 2.45) is 11.8 Å². The smallest absolute Gasteiger partial charge is 0.234 e. The molecule has 0 bridgehead atoms. The fourth-order valence-corrected chi connectivity index (χ4v) is 3.14. The second-order valence-electron chi connectivity index (χ2n) is 4.81. The van der Waals surface area contributed by atoms with Crippen molar-refractivity contribution < 1.29 is 9.59 Å². The Bertz CT molecular complexity index is 514. The van der Waals surface area contributed by atoms with Crippen LogP contribution in [-0.4, -0.2) is 30.3 Å². The quantitative estimate of drug-likeness (QED) is 0.796. The lowest BCUT2D eigenvalue weighted by Crippen LogP contribution is -2.32. The highest BCUT2D eigenvalue weighted by atomic mass is 79.9. The van der Waals surface area contributed by atoms with Gasteiger partial charge in [-0.1, -0.05) is 28.1 Å². The number of benzene rings is 1. The van der Waals surface area contributed by atoms with E-state index in [-0.39, 0.29) is 29.7 Å². The van der Waals surface area contributed by atoms with Gasteiger partial charge in [-0.25, -0.2) is 0 Å². The van der Waals surface area contributed by atoms with Crippen LogP contribution in [0.2, 0.25) is 0 Å². The van der Waals surface area contributed by atoms with Gasteiger partial charge in [-0.3, -0.25) is 14.5 Å². The summed E-state index contributed by atoms with van der Waals surface area (Å²) in [6, 6.07) is 7.83. The third kappa shape index (κ3) is 1.61. The molecule has 2 amide bonds. The van der Waals surface area contributed by atoms with E-state index in [4.69, 9.17) is 0 Å². The van der Waals surface area contributed by atoms with Crippen LogP contribution in [0.3, 0.4) is 0 Å². The molecule has 2 aliphatic heterocycles. The van der Waals surface area contributed by atoms with Crippen molar-refractivity contribution in [3.05, 3.63) is 34.3 Å². The molecule has 2 saturated heterocycles. The summed E-state index contributed by atoms with van der Waals surface area (Å²) in [6.07, 6.45) is 0. The molecule has 3 rings (SSSR count). The van der Waals surface area contributed by atoms with E-state index in [2.05, 4.69) is 21.2 Å². The molecule has 2 heterocycles. The molecule has 3 atom stereocenters. The summed E-state index contributed by atoms with van der Waals surface area (Å²) in [5, 5.41) is 3.29. The Hall–Kier alpha value is -1.20. The molecule has 1 N–H and O–H groups in total. The number of hydrogen-bond donors (Lipinski definition) is 1. The first kappa shape index (κ1) is 11.9. The molecule has 0 saturated carbocycles. The number of rotatable bonds is 1. The molecule has 1 aromatic rings. The normalized spacial score (nSPS) is 31.0. The highest BCUT2D eigenvalue weighted by Gasteiger charge is 2.53. The van der Waals surface area contributed by atoms with Crippen molar-refractivity contribution in [2.75, 3.05) is 13.6 Å². The molecule has 0 aliphatic carbocycles. The number of nitrogens with one attached hydrogen (secondary N) is 1. The van der Waals surface area contributed by atoms with E-state index in [1.54, 1.807) is 7.05 Å². The van der Waals surface area contributed by atoms with Gasteiger partial charge in [0.25, 0.3) is 0 Å². The summed E-state index contributed by atoms with van der Waals surface area (Å²) in [7, 11) is 1.57. The summed E-state index contributed by atoms with van der Waals surface area (Å²) >= 11 is 3.39. The first-order valence-electron chi connectivity index (χ1n) is 5.90. The Morgan fingerprint density at radius 1 is 1.22 bits per heavy atom. The predicted octanol–water partition coefficient (Wildman–Crippen LogP) is 1.32.